The fourth-order valence-electron chi connectivity index (χ4n) is 1.80. The molecule has 2 aromatic rings. The van der Waals surface area contributed by atoms with Crippen LogP contribution < -0.4 is 16.8 Å². The highest BCUT2D eigenvalue weighted by Crippen LogP contribution is 2.29. The summed E-state index contributed by atoms with van der Waals surface area (Å²) in [6.45, 7) is 0. The van der Waals surface area contributed by atoms with Gasteiger partial charge in [0, 0.05) is 11.1 Å². The lowest BCUT2D eigenvalue weighted by Gasteiger charge is -2.07. The molecule has 0 aliphatic carbocycles. The Bertz CT molecular complexity index is 826. The number of amides is 1. The van der Waals surface area contributed by atoms with Crippen LogP contribution in [-0.4, -0.2) is 5.91 Å². The summed E-state index contributed by atoms with van der Waals surface area (Å²) in [7, 11) is 0. The van der Waals surface area contributed by atoms with Crippen LogP contribution in [0.4, 0.5) is 13.2 Å². The van der Waals surface area contributed by atoms with Gasteiger partial charge in [-0.1, -0.05) is 23.7 Å². The molecule has 4 nitrogen and oxygen atoms in total. The lowest BCUT2D eigenvalue weighted by Crippen LogP contribution is -2.26. The van der Waals surface area contributed by atoms with Gasteiger partial charge in [0.2, 0.25) is 0 Å². The Balaban J connectivity index is 2.05. The molecule has 0 fully saturated rings. The molecule has 1 amide bonds. The number of nitrogens with two attached hydrogens (primary N) is 2. The van der Waals surface area contributed by atoms with E-state index in [-0.39, 0.29) is 11.5 Å². The fourth-order valence-corrected chi connectivity index (χ4v) is 2.66. The maximum Gasteiger partial charge on any atom is 0.416 e. The fraction of sp³-hybridized carbons (Fsp3) is 0.0625. The first kappa shape index (κ1) is 18.9. The SMILES string of the molecule is N/C(=C\C=C(/N)NC(=O)c1csc(Cl)c1)c1ccc(C(F)(F)F)cc1. The van der Waals surface area contributed by atoms with Crippen LogP contribution in [0.5, 0.6) is 0 Å². The monoisotopic (exact) mass is 387 g/mol. The van der Waals surface area contributed by atoms with Crippen molar-refractivity contribution in [2.24, 2.45) is 11.5 Å². The van der Waals surface area contributed by atoms with E-state index in [1.165, 1.54) is 41.7 Å². The third kappa shape index (κ3) is 5.27. The number of benzene rings is 1. The topological polar surface area (TPSA) is 81.1 Å². The first-order valence-electron chi connectivity index (χ1n) is 6.83. The highest BCUT2D eigenvalue weighted by atomic mass is 35.5. The van der Waals surface area contributed by atoms with Gasteiger partial charge in [0.1, 0.15) is 5.82 Å². The molecular formula is C16H13ClF3N3OS. The van der Waals surface area contributed by atoms with Gasteiger partial charge < -0.3 is 16.8 Å². The maximum absolute atomic E-state index is 12.5. The molecular weight excluding hydrogens is 375 g/mol. The van der Waals surface area contributed by atoms with Gasteiger partial charge in [0.15, 0.2) is 0 Å². The summed E-state index contributed by atoms with van der Waals surface area (Å²) in [4.78, 5) is 11.9. The van der Waals surface area contributed by atoms with Crippen molar-refractivity contribution < 1.29 is 18.0 Å². The van der Waals surface area contributed by atoms with Crippen LogP contribution >= 0.6 is 22.9 Å². The predicted octanol–water partition coefficient (Wildman–Crippen LogP) is 3.95. The van der Waals surface area contributed by atoms with Crippen LogP contribution in [0.25, 0.3) is 5.70 Å². The molecule has 0 saturated heterocycles. The predicted molar refractivity (Wildman–Crippen MR) is 92.7 cm³/mol. The van der Waals surface area contributed by atoms with E-state index in [1.54, 1.807) is 5.38 Å². The minimum atomic E-state index is -4.41. The summed E-state index contributed by atoms with van der Waals surface area (Å²) in [6, 6.07) is 5.88. The first-order valence-corrected chi connectivity index (χ1v) is 8.08. The molecule has 1 aromatic carbocycles. The number of thiophene rings is 1. The Morgan fingerprint density at radius 1 is 1.12 bits per heavy atom. The number of hydrogen-bond acceptors (Lipinski definition) is 4. The van der Waals surface area contributed by atoms with Gasteiger partial charge in [0.25, 0.3) is 5.91 Å². The van der Waals surface area contributed by atoms with Crippen LogP contribution in [0.1, 0.15) is 21.5 Å². The zero-order chi connectivity index (χ0) is 18.6. The van der Waals surface area contributed by atoms with E-state index in [4.69, 9.17) is 23.1 Å². The van der Waals surface area contributed by atoms with Crippen molar-refractivity contribution in [1.82, 2.24) is 5.32 Å². The summed E-state index contributed by atoms with van der Waals surface area (Å²) in [5.41, 5.74) is 11.7. The van der Waals surface area contributed by atoms with E-state index in [1.807, 2.05) is 0 Å². The number of alkyl halides is 3. The lowest BCUT2D eigenvalue weighted by atomic mass is 10.1. The second-order valence-corrected chi connectivity index (χ2v) is 6.46. The Kier molecular flexibility index (Phi) is 5.76. The molecule has 5 N–H and O–H groups in total. The smallest absolute Gasteiger partial charge is 0.398 e. The maximum atomic E-state index is 12.5. The Labute approximate surface area is 150 Å². The zero-order valence-corrected chi connectivity index (χ0v) is 14.2. The van der Waals surface area contributed by atoms with Crippen LogP contribution in [0.2, 0.25) is 4.34 Å². The van der Waals surface area contributed by atoms with Crippen molar-refractivity contribution in [3.8, 4) is 0 Å². The third-order valence-corrected chi connectivity index (χ3v) is 4.17. The molecule has 0 unspecified atom stereocenters. The van der Waals surface area contributed by atoms with Gasteiger partial charge in [0.05, 0.1) is 15.5 Å². The molecule has 0 aliphatic heterocycles. The Morgan fingerprint density at radius 2 is 1.76 bits per heavy atom. The highest BCUT2D eigenvalue weighted by Gasteiger charge is 2.29. The second kappa shape index (κ2) is 7.62. The number of halogens is 4. The van der Waals surface area contributed by atoms with Gasteiger partial charge >= 0.3 is 6.18 Å². The summed E-state index contributed by atoms with van der Waals surface area (Å²) in [6.07, 6.45) is -1.67. The average Bonchev–Trinajstić information content (AvgIpc) is 2.98. The van der Waals surface area contributed by atoms with E-state index in [9.17, 15) is 18.0 Å². The van der Waals surface area contributed by atoms with Crippen molar-refractivity contribution in [2.75, 3.05) is 0 Å². The summed E-state index contributed by atoms with van der Waals surface area (Å²) in [5.74, 6) is -0.402. The molecule has 0 atom stereocenters. The highest BCUT2D eigenvalue weighted by molar-refractivity contribution is 7.14. The largest absolute Gasteiger partial charge is 0.416 e. The molecule has 1 aromatic heterocycles. The molecule has 2 rings (SSSR count). The molecule has 9 heteroatoms. The minimum Gasteiger partial charge on any atom is -0.398 e. The van der Waals surface area contributed by atoms with Crippen molar-refractivity contribution in [3.63, 3.8) is 0 Å². The van der Waals surface area contributed by atoms with E-state index in [0.717, 1.165) is 12.1 Å². The normalized spacial score (nSPS) is 13.0. The number of allylic oxidation sites excluding steroid dienone is 2. The third-order valence-electron chi connectivity index (χ3n) is 3.08. The van der Waals surface area contributed by atoms with Gasteiger partial charge in [-0.15, -0.1) is 11.3 Å². The van der Waals surface area contributed by atoms with E-state index in [0.29, 0.717) is 15.5 Å². The molecule has 0 radical (unpaired) electrons. The lowest BCUT2D eigenvalue weighted by molar-refractivity contribution is -0.137. The minimum absolute atomic E-state index is 0.0298. The number of carbonyl (C=O) groups is 1. The second-order valence-electron chi connectivity index (χ2n) is 4.91. The van der Waals surface area contributed by atoms with Crippen molar-refractivity contribution in [2.45, 2.75) is 6.18 Å². The number of rotatable bonds is 4. The standard InChI is InChI=1S/C16H13ClF3N3OS/c17-13-7-10(8-25-13)15(24)23-14(22)6-5-12(21)9-1-3-11(4-2-9)16(18,19)20/h1-8H,21-22H2,(H,23,24)/b12-5-,14-6+. The van der Waals surface area contributed by atoms with Crippen LogP contribution in [0, 0.1) is 0 Å². The zero-order valence-electron chi connectivity index (χ0n) is 12.6. The molecule has 132 valence electrons. The molecule has 0 aliphatic rings. The van der Waals surface area contributed by atoms with E-state index in [2.05, 4.69) is 5.32 Å². The first-order chi connectivity index (χ1) is 11.7. The van der Waals surface area contributed by atoms with Crippen molar-refractivity contribution in [1.29, 1.82) is 0 Å². The number of hydrogen-bond donors (Lipinski definition) is 3. The van der Waals surface area contributed by atoms with Crippen LogP contribution in [-0.2, 0) is 6.18 Å². The van der Waals surface area contributed by atoms with Gasteiger partial charge in [-0.2, -0.15) is 13.2 Å². The average molecular weight is 388 g/mol. The Morgan fingerprint density at radius 3 is 2.28 bits per heavy atom. The van der Waals surface area contributed by atoms with Gasteiger partial charge in [-0.05, 0) is 35.9 Å². The van der Waals surface area contributed by atoms with Crippen LogP contribution in [0.15, 0.2) is 53.7 Å². The van der Waals surface area contributed by atoms with Crippen molar-refractivity contribution in [3.05, 3.63) is 74.7 Å². The number of nitrogens with one attached hydrogen (secondary N) is 1. The molecule has 0 saturated carbocycles. The summed E-state index contributed by atoms with van der Waals surface area (Å²) >= 11 is 6.96. The molecule has 0 spiro atoms. The molecule has 25 heavy (non-hydrogen) atoms. The van der Waals surface area contributed by atoms with Crippen LogP contribution in [0.3, 0.4) is 0 Å². The van der Waals surface area contributed by atoms with Gasteiger partial charge in [-0.3, -0.25) is 4.79 Å². The quantitative estimate of drug-likeness (QED) is 0.695. The van der Waals surface area contributed by atoms with E-state index >= 15 is 0 Å². The number of carbonyl (C=O) groups excluding carboxylic acids is 1. The van der Waals surface area contributed by atoms with Crippen molar-refractivity contribution >= 4 is 34.5 Å². The Hall–Kier alpha value is -2.45. The molecule has 1 heterocycles. The van der Waals surface area contributed by atoms with E-state index < -0.39 is 17.6 Å². The molecule has 0 bridgehead atoms. The van der Waals surface area contributed by atoms with Gasteiger partial charge in [-0.25, -0.2) is 0 Å². The summed E-state index contributed by atoms with van der Waals surface area (Å²) < 4.78 is 38.0. The summed E-state index contributed by atoms with van der Waals surface area (Å²) in [5, 5.41) is 4.03.